The number of halogens is 3. The number of alkyl halides is 2. The maximum atomic E-state index is 14.7. The number of nitrogens with one attached hydrogen (secondary N) is 1. The van der Waals surface area contributed by atoms with E-state index in [-0.39, 0.29) is 18.6 Å². The highest BCUT2D eigenvalue weighted by molar-refractivity contribution is 7.84. The Morgan fingerprint density at radius 3 is 2.54 bits per heavy atom. The van der Waals surface area contributed by atoms with Gasteiger partial charge in [0.05, 0.1) is 21.3 Å². The summed E-state index contributed by atoms with van der Waals surface area (Å²) in [4.78, 5) is 0. The van der Waals surface area contributed by atoms with Crippen LogP contribution in [0.25, 0.3) is 0 Å². The molecule has 0 amide bonds. The van der Waals surface area contributed by atoms with Crippen molar-refractivity contribution in [3.05, 3.63) is 35.1 Å². The van der Waals surface area contributed by atoms with Crippen LogP contribution >= 0.6 is 0 Å². The molecule has 0 saturated carbocycles. The lowest BCUT2D eigenvalue weighted by atomic mass is 9.96. The second-order valence-corrected chi connectivity index (χ2v) is 9.05. The van der Waals surface area contributed by atoms with Crippen molar-refractivity contribution in [2.75, 3.05) is 6.61 Å². The molecule has 1 fully saturated rings. The van der Waals surface area contributed by atoms with Crippen molar-refractivity contribution in [3.8, 4) is 0 Å². The van der Waals surface area contributed by atoms with E-state index in [2.05, 4.69) is 4.72 Å². The highest BCUT2D eigenvalue weighted by atomic mass is 32.2. The molecule has 2 unspecified atom stereocenters. The Balaban J connectivity index is 2.29. The minimum Gasteiger partial charge on any atom is -0.372 e. The van der Waals surface area contributed by atoms with Crippen molar-refractivity contribution in [2.45, 2.75) is 63.4 Å². The zero-order valence-corrected chi connectivity index (χ0v) is 15.2. The first kappa shape index (κ1) is 19.4. The van der Waals surface area contributed by atoms with Gasteiger partial charge >= 0.3 is 5.92 Å². The van der Waals surface area contributed by atoms with Gasteiger partial charge in [0.1, 0.15) is 11.9 Å². The summed E-state index contributed by atoms with van der Waals surface area (Å²) in [6.45, 7) is 7.21. The molecule has 1 heterocycles. The maximum Gasteiger partial charge on any atom is 0.301 e. The monoisotopic (exact) mass is 363 g/mol. The van der Waals surface area contributed by atoms with Crippen LogP contribution in [0.1, 0.15) is 57.7 Å². The first-order valence-corrected chi connectivity index (χ1v) is 9.16. The molecule has 1 saturated heterocycles. The molecule has 1 N–H and O–H groups in total. The lowest BCUT2D eigenvalue weighted by Crippen LogP contribution is -2.36. The van der Waals surface area contributed by atoms with Gasteiger partial charge in [-0.1, -0.05) is 12.1 Å². The van der Waals surface area contributed by atoms with Crippen LogP contribution in [0, 0.1) is 5.82 Å². The van der Waals surface area contributed by atoms with E-state index in [0.717, 1.165) is 6.07 Å². The molecule has 7 heteroatoms. The fourth-order valence-electron chi connectivity index (χ4n) is 2.58. The van der Waals surface area contributed by atoms with E-state index in [9.17, 15) is 17.4 Å². The molecule has 0 aromatic heterocycles. The third-order valence-electron chi connectivity index (χ3n) is 4.03. The fraction of sp³-hybridized carbons (Fsp3) is 0.647. The Kier molecular flexibility index (Phi) is 5.77. The highest BCUT2D eigenvalue weighted by Gasteiger charge is 2.46. The Bertz CT molecular complexity index is 610. The van der Waals surface area contributed by atoms with E-state index in [1.165, 1.54) is 12.1 Å². The van der Waals surface area contributed by atoms with Crippen molar-refractivity contribution in [1.29, 1.82) is 0 Å². The van der Waals surface area contributed by atoms with Crippen molar-refractivity contribution in [2.24, 2.45) is 0 Å². The van der Waals surface area contributed by atoms with Gasteiger partial charge in [-0.2, -0.15) is 8.78 Å². The second kappa shape index (κ2) is 7.14. The van der Waals surface area contributed by atoms with Crippen LogP contribution in [-0.2, 0) is 21.6 Å². The zero-order valence-electron chi connectivity index (χ0n) is 14.4. The molecule has 0 bridgehead atoms. The van der Waals surface area contributed by atoms with Gasteiger partial charge in [0.2, 0.25) is 0 Å². The fourth-order valence-corrected chi connectivity index (χ4v) is 3.38. The van der Waals surface area contributed by atoms with Crippen molar-refractivity contribution < 1.29 is 22.1 Å². The first-order chi connectivity index (χ1) is 11.0. The van der Waals surface area contributed by atoms with Crippen LogP contribution < -0.4 is 4.72 Å². The average Bonchev–Trinajstić information content (AvgIpc) is 3.01. The Labute approximate surface area is 143 Å². The van der Waals surface area contributed by atoms with Crippen LogP contribution in [0.15, 0.2) is 18.2 Å². The van der Waals surface area contributed by atoms with Crippen molar-refractivity contribution >= 4 is 11.0 Å². The molecule has 1 aromatic carbocycles. The Morgan fingerprint density at radius 1 is 1.33 bits per heavy atom. The van der Waals surface area contributed by atoms with Crippen LogP contribution in [0.2, 0.25) is 0 Å². The van der Waals surface area contributed by atoms with Crippen LogP contribution in [-0.4, -0.2) is 21.7 Å². The predicted octanol–water partition coefficient (Wildman–Crippen LogP) is 4.21. The number of hydrogen-bond donors (Lipinski definition) is 1. The predicted molar refractivity (Wildman–Crippen MR) is 88.7 cm³/mol. The molecule has 0 aliphatic carbocycles. The molecule has 3 atom stereocenters. The summed E-state index contributed by atoms with van der Waals surface area (Å²) < 4.78 is 63.3. The number of benzene rings is 1. The summed E-state index contributed by atoms with van der Waals surface area (Å²) >= 11 is 0. The summed E-state index contributed by atoms with van der Waals surface area (Å²) in [6, 6.07) is 3.26. The molecule has 1 aliphatic rings. The minimum absolute atomic E-state index is 0.0720. The summed E-state index contributed by atoms with van der Waals surface area (Å²) in [5.41, 5.74) is -0.593. The molecule has 2 rings (SSSR count). The molecule has 0 spiro atoms. The maximum absolute atomic E-state index is 14.7. The third kappa shape index (κ3) is 4.00. The molecular formula is C17H24F3NO2S. The zero-order chi connectivity index (χ0) is 18.1. The number of hydrogen-bond acceptors (Lipinski definition) is 2. The number of rotatable bonds is 5. The van der Waals surface area contributed by atoms with E-state index in [4.69, 9.17) is 4.74 Å². The average molecular weight is 363 g/mol. The summed E-state index contributed by atoms with van der Waals surface area (Å²) in [7, 11) is -1.43. The van der Waals surface area contributed by atoms with E-state index in [0.29, 0.717) is 6.42 Å². The van der Waals surface area contributed by atoms with Gasteiger partial charge in [0.15, 0.2) is 0 Å². The van der Waals surface area contributed by atoms with E-state index < -0.39 is 45.2 Å². The normalized spacial score (nSPS) is 21.7. The highest BCUT2D eigenvalue weighted by Crippen LogP contribution is 2.40. The molecule has 1 aromatic rings. The minimum atomic E-state index is -3.39. The Morgan fingerprint density at radius 2 is 2.00 bits per heavy atom. The van der Waals surface area contributed by atoms with Gasteiger partial charge in [-0.25, -0.2) is 13.3 Å². The molecular weight excluding hydrogens is 339 g/mol. The smallest absolute Gasteiger partial charge is 0.301 e. The van der Waals surface area contributed by atoms with Crippen molar-refractivity contribution in [3.63, 3.8) is 0 Å². The molecule has 24 heavy (non-hydrogen) atoms. The second-order valence-electron chi connectivity index (χ2n) is 7.05. The molecule has 136 valence electrons. The van der Waals surface area contributed by atoms with Gasteiger partial charge in [0.25, 0.3) is 0 Å². The molecule has 3 nitrogen and oxygen atoms in total. The summed E-state index contributed by atoms with van der Waals surface area (Å²) in [5, 5.41) is 0. The van der Waals surface area contributed by atoms with Gasteiger partial charge in [0, 0.05) is 18.2 Å². The summed E-state index contributed by atoms with van der Waals surface area (Å²) in [6.07, 6.45) is -0.544. The van der Waals surface area contributed by atoms with Crippen molar-refractivity contribution in [1.82, 2.24) is 4.72 Å². The standard InChI is InChI=1S/C17H24F3NO2S/c1-11(21-24(22)16(2,3)4)12-7-5-8-13(15(12)18)17(19,20)14-9-6-10-23-14/h5,7-8,11,14,21H,6,9-10H2,1-4H3/t11?,14?,24-/m1/s1. The first-order valence-electron chi connectivity index (χ1n) is 8.01. The third-order valence-corrected chi connectivity index (χ3v) is 5.71. The molecule has 1 aliphatic heterocycles. The van der Waals surface area contributed by atoms with Gasteiger partial charge in [-0.05, 0) is 46.6 Å². The van der Waals surface area contributed by atoms with E-state index in [1.54, 1.807) is 27.7 Å². The lowest BCUT2D eigenvalue weighted by Gasteiger charge is -2.26. The number of ether oxygens (including phenoxy) is 1. The van der Waals surface area contributed by atoms with E-state index >= 15 is 0 Å². The van der Waals surface area contributed by atoms with E-state index in [1.807, 2.05) is 0 Å². The Hall–Kier alpha value is -0.920. The van der Waals surface area contributed by atoms with Crippen LogP contribution in [0.3, 0.4) is 0 Å². The van der Waals surface area contributed by atoms with Gasteiger partial charge in [-0.3, -0.25) is 0 Å². The SMILES string of the molecule is CC(N[S@](=O)C(C)(C)C)c1cccc(C(F)(F)C2CCCO2)c1F. The van der Waals surface area contributed by atoms with Gasteiger partial charge < -0.3 is 4.74 Å². The lowest BCUT2D eigenvalue weighted by molar-refractivity contribution is -0.124. The van der Waals surface area contributed by atoms with Crippen LogP contribution in [0.5, 0.6) is 0 Å². The van der Waals surface area contributed by atoms with Crippen LogP contribution in [0.4, 0.5) is 13.2 Å². The topological polar surface area (TPSA) is 38.3 Å². The largest absolute Gasteiger partial charge is 0.372 e. The summed E-state index contributed by atoms with van der Waals surface area (Å²) in [5.74, 6) is -4.36. The van der Waals surface area contributed by atoms with Gasteiger partial charge in [-0.15, -0.1) is 0 Å². The quantitative estimate of drug-likeness (QED) is 0.851. The molecule has 0 radical (unpaired) electrons.